The highest BCUT2D eigenvalue weighted by Crippen LogP contribution is 2.30. The third-order valence-electron chi connectivity index (χ3n) is 5.90. The standard InChI is InChI=1S/C26H34N4O4/c1-4-34-20-11-8-18(9-12-20)25(32)29-23(17(2)3)26(33)28-21-16-19(24(27)31)10-13-22(21)30-14-6-5-7-15-30/h8-13,16-17,23H,4-7,14-15H2,1-3H3,(H2,27,31)(H,28,33)(H,29,32). The number of hydrogen-bond donors (Lipinski definition) is 3. The van der Waals surface area contributed by atoms with Gasteiger partial charge in [0.05, 0.1) is 18.0 Å². The molecule has 4 N–H and O–H groups in total. The predicted molar refractivity (Wildman–Crippen MR) is 133 cm³/mol. The SMILES string of the molecule is CCOc1ccc(C(=O)NC(C(=O)Nc2cc(C(N)=O)ccc2N2CCCCC2)C(C)C)cc1. The van der Waals surface area contributed by atoms with Gasteiger partial charge in [0.1, 0.15) is 11.8 Å². The van der Waals surface area contributed by atoms with Crippen molar-refractivity contribution in [3.05, 3.63) is 53.6 Å². The fourth-order valence-electron chi connectivity index (χ4n) is 4.04. The van der Waals surface area contributed by atoms with Crippen LogP contribution < -0.4 is 26.0 Å². The van der Waals surface area contributed by atoms with E-state index in [1.807, 2.05) is 26.8 Å². The summed E-state index contributed by atoms with van der Waals surface area (Å²) < 4.78 is 5.42. The zero-order valence-electron chi connectivity index (χ0n) is 20.1. The van der Waals surface area contributed by atoms with E-state index in [-0.39, 0.29) is 17.7 Å². The van der Waals surface area contributed by atoms with E-state index in [0.29, 0.717) is 29.2 Å². The van der Waals surface area contributed by atoms with Crippen molar-refractivity contribution in [3.63, 3.8) is 0 Å². The Kier molecular flexibility index (Phi) is 8.51. The predicted octanol–water partition coefficient (Wildman–Crippen LogP) is 3.57. The third kappa shape index (κ3) is 6.27. The van der Waals surface area contributed by atoms with Gasteiger partial charge in [-0.15, -0.1) is 0 Å². The number of piperidine rings is 1. The molecule has 1 aliphatic rings. The van der Waals surface area contributed by atoms with Gasteiger partial charge in [0.2, 0.25) is 11.8 Å². The lowest BCUT2D eigenvalue weighted by atomic mass is 10.0. The average molecular weight is 467 g/mol. The van der Waals surface area contributed by atoms with E-state index in [9.17, 15) is 14.4 Å². The Morgan fingerprint density at radius 3 is 2.24 bits per heavy atom. The normalized spacial score (nSPS) is 14.4. The van der Waals surface area contributed by atoms with Crippen LogP contribution in [0.15, 0.2) is 42.5 Å². The van der Waals surface area contributed by atoms with E-state index in [4.69, 9.17) is 10.5 Å². The maximum absolute atomic E-state index is 13.3. The maximum atomic E-state index is 13.3. The summed E-state index contributed by atoms with van der Waals surface area (Å²) in [4.78, 5) is 40.1. The van der Waals surface area contributed by atoms with E-state index in [0.717, 1.165) is 31.6 Å². The molecule has 0 spiro atoms. The summed E-state index contributed by atoms with van der Waals surface area (Å²) in [5.41, 5.74) is 7.59. The van der Waals surface area contributed by atoms with Gasteiger partial charge in [0.15, 0.2) is 0 Å². The molecule has 0 bridgehead atoms. The first kappa shape index (κ1) is 25.1. The van der Waals surface area contributed by atoms with Crippen LogP contribution in [0.4, 0.5) is 11.4 Å². The van der Waals surface area contributed by atoms with Crippen molar-refractivity contribution in [3.8, 4) is 5.75 Å². The van der Waals surface area contributed by atoms with Gasteiger partial charge in [0.25, 0.3) is 5.91 Å². The number of carbonyl (C=O) groups excluding carboxylic acids is 3. The second-order valence-corrected chi connectivity index (χ2v) is 8.79. The van der Waals surface area contributed by atoms with Crippen molar-refractivity contribution in [2.24, 2.45) is 11.7 Å². The van der Waals surface area contributed by atoms with Crippen molar-refractivity contribution >= 4 is 29.1 Å². The Morgan fingerprint density at radius 2 is 1.65 bits per heavy atom. The quantitative estimate of drug-likeness (QED) is 0.523. The molecule has 1 aliphatic heterocycles. The lowest BCUT2D eigenvalue weighted by Gasteiger charge is -2.31. The molecule has 182 valence electrons. The van der Waals surface area contributed by atoms with Crippen molar-refractivity contribution in [2.45, 2.75) is 46.1 Å². The number of ether oxygens (including phenoxy) is 1. The number of nitrogens with two attached hydrogens (primary N) is 1. The summed E-state index contributed by atoms with van der Waals surface area (Å²) in [5.74, 6) is -0.751. The summed E-state index contributed by atoms with van der Waals surface area (Å²) >= 11 is 0. The molecule has 0 radical (unpaired) electrons. The van der Waals surface area contributed by atoms with Crippen molar-refractivity contribution in [1.82, 2.24) is 5.32 Å². The highest BCUT2D eigenvalue weighted by atomic mass is 16.5. The summed E-state index contributed by atoms with van der Waals surface area (Å²) in [6, 6.07) is 11.1. The molecule has 1 fully saturated rings. The monoisotopic (exact) mass is 466 g/mol. The first-order valence-corrected chi connectivity index (χ1v) is 11.8. The Hall–Kier alpha value is -3.55. The number of rotatable bonds is 9. The molecule has 0 aromatic heterocycles. The summed E-state index contributed by atoms with van der Waals surface area (Å²) in [5, 5.41) is 5.79. The molecule has 0 saturated carbocycles. The number of carbonyl (C=O) groups is 3. The average Bonchev–Trinajstić information content (AvgIpc) is 2.83. The van der Waals surface area contributed by atoms with Gasteiger partial charge in [-0.3, -0.25) is 14.4 Å². The van der Waals surface area contributed by atoms with Crippen molar-refractivity contribution < 1.29 is 19.1 Å². The van der Waals surface area contributed by atoms with E-state index in [2.05, 4.69) is 15.5 Å². The molecule has 1 heterocycles. The molecule has 34 heavy (non-hydrogen) atoms. The van der Waals surface area contributed by atoms with Gasteiger partial charge >= 0.3 is 0 Å². The van der Waals surface area contributed by atoms with E-state index in [1.54, 1.807) is 36.4 Å². The molecule has 2 aromatic rings. The summed E-state index contributed by atoms with van der Waals surface area (Å²) in [6.07, 6.45) is 3.31. The van der Waals surface area contributed by atoms with Gasteiger partial charge < -0.3 is 26.0 Å². The van der Waals surface area contributed by atoms with Crippen LogP contribution in [-0.2, 0) is 4.79 Å². The molecule has 3 rings (SSSR count). The Labute approximate surface area is 200 Å². The zero-order chi connectivity index (χ0) is 24.7. The van der Waals surface area contributed by atoms with E-state index in [1.165, 1.54) is 6.42 Å². The molecule has 2 aromatic carbocycles. The molecular formula is C26H34N4O4. The number of anilines is 2. The molecule has 1 atom stereocenters. The molecular weight excluding hydrogens is 432 g/mol. The van der Waals surface area contributed by atoms with Crippen LogP contribution in [0.2, 0.25) is 0 Å². The molecule has 1 saturated heterocycles. The lowest BCUT2D eigenvalue weighted by Crippen LogP contribution is -2.47. The first-order chi connectivity index (χ1) is 16.3. The number of benzene rings is 2. The second-order valence-electron chi connectivity index (χ2n) is 8.79. The van der Waals surface area contributed by atoms with Gasteiger partial charge in [-0.2, -0.15) is 0 Å². The highest BCUT2D eigenvalue weighted by Gasteiger charge is 2.26. The third-order valence-corrected chi connectivity index (χ3v) is 5.90. The minimum atomic E-state index is -0.773. The minimum absolute atomic E-state index is 0.163. The summed E-state index contributed by atoms with van der Waals surface area (Å²) in [7, 11) is 0. The lowest BCUT2D eigenvalue weighted by molar-refractivity contribution is -0.118. The molecule has 8 nitrogen and oxygen atoms in total. The van der Waals surface area contributed by atoms with Crippen LogP contribution in [0, 0.1) is 5.92 Å². The summed E-state index contributed by atoms with van der Waals surface area (Å²) in [6.45, 7) is 7.92. The smallest absolute Gasteiger partial charge is 0.251 e. The van der Waals surface area contributed by atoms with Crippen molar-refractivity contribution in [2.75, 3.05) is 29.9 Å². The second kappa shape index (κ2) is 11.5. The van der Waals surface area contributed by atoms with Crippen LogP contribution >= 0.6 is 0 Å². The largest absolute Gasteiger partial charge is 0.494 e. The fourth-order valence-corrected chi connectivity index (χ4v) is 4.04. The van der Waals surface area contributed by atoms with Crippen LogP contribution in [0.25, 0.3) is 0 Å². The maximum Gasteiger partial charge on any atom is 0.251 e. The molecule has 0 aliphatic carbocycles. The number of primary amides is 1. The van der Waals surface area contributed by atoms with Crippen LogP contribution in [0.5, 0.6) is 5.75 Å². The number of hydrogen-bond acceptors (Lipinski definition) is 5. The molecule has 3 amide bonds. The van der Waals surface area contributed by atoms with Gasteiger partial charge in [0, 0.05) is 24.2 Å². The van der Waals surface area contributed by atoms with Crippen LogP contribution in [-0.4, -0.2) is 43.5 Å². The van der Waals surface area contributed by atoms with Crippen molar-refractivity contribution in [1.29, 1.82) is 0 Å². The topological polar surface area (TPSA) is 114 Å². The van der Waals surface area contributed by atoms with Gasteiger partial charge in [-0.1, -0.05) is 13.8 Å². The fraction of sp³-hybridized carbons (Fsp3) is 0.423. The highest BCUT2D eigenvalue weighted by molar-refractivity contribution is 6.04. The van der Waals surface area contributed by atoms with Crippen LogP contribution in [0.3, 0.4) is 0 Å². The first-order valence-electron chi connectivity index (χ1n) is 11.8. The van der Waals surface area contributed by atoms with Crippen LogP contribution in [0.1, 0.15) is 60.7 Å². The Balaban J connectivity index is 1.80. The molecule has 8 heteroatoms. The Bertz CT molecular complexity index is 1010. The van der Waals surface area contributed by atoms with E-state index >= 15 is 0 Å². The number of nitrogens with zero attached hydrogens (tertiary/aromatic N) is 1. The van der Waals surface area contributed by atoms with E-state index < -0.39 is 11.9 Å². The Morgan fingerprint density at radius 1 is 1.00 bits per heavy atom. The number of nitrogens with one attached hydrogen (secondary N) is 2. The molecule has 1 unspecified atom stereocenters. The van der Waals surface area contributed by atoms with Gasteiger partial charge in [-0.05, 0) is 74.6 Å². The zero-order valence-corrected chi connectivity index (χ0v) is 20.1. The number of amides is 3. The van der Waals surface area contributed by atoms with Gasteiger partial charge in [-0.25, -0.2) is 0 Å². The minimum Gasteiger partial charge on any atom is -0.494 e.